The highest BCUT2D eigenvalue weighted by atomic mass is 35.5. The second kappa shape index (κ2) is 7.00. The number of rotatable bonds is 5. The number of benzene rings is 1. The molecule has 0 saturated carbocycles. The fraction of sp³-hybridized carbons (Fsp3) is 0.412. The van der Waals surface area contributed by atoms with Crippen LogP contribution in [0.25, 0.3) is 0 Å². The number of nitrogens with zero attached hydrogens (tertiary/aromatic N) is 2. The maximum Gasteiger partial charge on any atom is 0.272 e. The van der Waals surface area contributed by atoms with Gasteiger partial charge in [0.15, 0.2) is 5.69 Å². The highest BCUT2D eigenvalue weighted by Crippen LogP contribution is 2.38. The first-order valence-corrected chi connectivity index (χ1v) is 8.32. The summed E-state index contributed by atoms with van der Waals surface area (Å²) in [6.45, 7) is 4.54. The molecule has 3 rings (SSSR count). The van der Waals surface area contributed by atoms with Crippen LogP contribution in [-0.4, -0.2) is 22.3 Å². The zero-order valence-corrected chi connectivity index (χ0v) is 14.6. The summed E-state index contributed by atoms with van der Waals surface area (Å²) in [6.07, 6.45) is -1.54. The van der Waals surface area contributed by atoms with Crippen LogP contribution in [-0.2, 0) is 6.54 Å². The van der Waals surface area contributed by atoms with Crippen molar-refractivity contribution < 1.29 is 18.3 Å². The minimum absolute atomic E-state index is 0.196. The van der Waals surface area contributed by atoms with E-state index >= 15 is 0 Å². The summed E-state index contributed by atoms with van der Waals surface area (Å²) < 4.78 is 33.4. The summed E-state index contributed by atoms with van der Waals surface area (Å²) in [4.78, 5) is 12.5. The van der Waals surface area contributed by atoms with Crippen molar-refractivity contribution in [2.75, 3.05) is 6.61 Å². The monoisotopic (exact) mass is 369 g/mol. The third-order valence-electron chi connectivity index (χ3n) is 3.86. The molecule has 1 atom stereocenters. The third kappa shape index (κ3) is 3.61. The number of para-hydroxylation sites is 1. The fourth-order valence-electron chi connectivity index (χ4n) is 2.80. The Labute approximate surface area is 148 Å². The van der Waals surface area contributed by atoms with Gasteiger partial charge in [-0.2, -0.15) is 5.10 Å². The van der Waals surface area contributed by atoms with Crippen molar-refractivity contribution in [1.29, 1.82) is 0 Å². The highest BCUT2D eigenvalue weighted by Gasteiger charge is 2.30. The van der Waals surface area contributed by atoms with Gasteiger partial charge in [0.1, 0.15) is 12.4 Å². The van der Waals surface area contributed by atoms with Crippen molar-refractivity contribution in [1.82, 2.24) is 15.1 Å². The normalized spacial score (nSPS) is 16.2. The zero-order valence-electron chi connectivity index (χ0n) is 13.8. The average molecular weight is 370 g/mol. The van der Waals surface area contributed by atoms with E-state index in [1.54, 1.807) is 18.2 Å². The van der Waals surface area contributed by atoms with Crippen LogP contribution >= 0.6 is 11.6 Å². The Morgan fingerprint density at radius 2 is 2.24 bits per heavy atom. The van der Waals surface area contributed by atoms with Crippen molar-refractivity contribution in [3.8, 4) is 5.75 Å². The van der Waals surface area contributed by atoms with E-state index in [1.807, 2.05) is 13.8 Å². The minimum atomic E-state index is -2.77. The number of alkyl halides is 2. The van der Waals surface area contributed by atoms with Gasteiger partial charge >= 0.3 is 0 Å². The van der Waals surface area contributed by atoms with Gasteiger partial charge in [-0.05, 0) is 12.0 Å². The number of carbonyl (C=O) groups excluding carboxylic acids is 1. The number of amides is 1. The van der Waals surface area contributed by atoms with E-state index in [1.165, 1.54) is 10.9 Å². The smallest absolute Gasteiger partial charge is 0.272 e. The first kappa shape index (κ1) is 17.7. The summed E-state index contributed by atoms with van der Waals surface area (Å²) in [5, 5.41) is 7.20. The van der Waals surface area contributed by atoms with Crippen molar-refractivity contribution in [3.05, 3.63) is 46.2 Å². The lowest BCUT2D eigenvalue weighted by atomic mass is 10.1. The third-order valence-corrected chi connectivity index (χ3v) is 4.16. The topological polar surface area (TPSA) is 56.2 Å². The van der Waals surface area contributed by atoms with E-state index in [4.69, 9.17) is 16.3 Å². The van der Waals surface area contributed by atoms with Crippen LogP contribution in [0.15, 0.2) is 24.4 Å². The molecule has 0 saturated heterocycles. The quantitative estimate of drug-likeness (QED) is 0.866. The van der Waals surface area contributed by atoms with E-state index in [-0.39, 0.29) is 23.8 Å². The molecule has 8 heteroatoms. The largest absolute Gasteiger partial charge is 0.489 e. The summed E-state index contributed by atoms with van der Waals surface area (Å²) in [6, 6.07) is 4.76. The first-order valence-electron chi connectivity index (χ1n) is 7.94. The molecule has 1 aliphatic rings. The predicted molar refractivity (Wildman–Crippen MR) is 89.2 cm³/mol. The van der Waals surface area contributed by atoms with E-state index < -0.39 is 18.4 Å². The summed E-state index contributed by atoms with van der Waals surface area (Å²) >= 11 is 6.05. The molecule has 2 aromatic rings. The van der Waals surface area contributed by atoms with Gasteiger partial charge in [-0.15, -0.1) is 0 Å². The molecule has 0 bridgehead atoms. The molecule has 1 aromatic carbocycles. The van der Waals surface area contributed by atoms with Crippen LogP contribution in [0, 0.1) is 5.92 Å². The number of carbonyl (C=O) groups is 1. The van der Waals surface area contributed by atoms with E-state index in [9.17, 15) is 13.6 Å². The number of halogens is 3. The number of hydrogen-bond acceptors (Lipinski definition) is 3. The van der Waals surface area contributed by atoms with Crippen LogP contribution in [0.3, 0.4) is 0 Å². The molecule has 1 N–H and O–H groups in total. The summed E-state index contributed by atoms with van der Waals surface area (Å²) in [5.74, 6) is 0.0757. The highest BCUT2D eigenvalue weighted by molar-refractivity contribution is 6.32. The van der Waals surface area contributed by atoms with Crippen molar-refractivity contribution >= 4 is 17.5 Å². The van der Waals surface area contributed by atoms with Gasteiger partial charge < -0.3 is 10.1 Å². The number of nitrogens with one attached hydrogen (secondary N) is 1. The molecule has 1 amide bonds. The molecule has 0 aliphatic carbocycles. The molecule has 1 aromatic heterocycles. The number of aromatic nitrogens is 2. The first-order chi connectivity index (χ1) is 11.9. The van der Waals surface area contributed by atoms with Crippen LogP contribution in [0.4, 0.5) is 8.78 Å². The SMILES string of the molecule is CC(C)Cn1cc(C(F)F)c(C(=O)N[C@@H]2COc3c(Cl)cccc32)n1. The summed E-state index contributed by atoms with van der Waals surface area (Å²) in [7, 11) is 0. The molecule has 25 heavy (non-hydrogen) atoms. The lowest BCUT2D eigenvalue weighted by molar-refractivity contribution is 0.0911. The molecule has 5 nitrogen and oxygen atoms in total. The average Bonchev–Trinajstić information content (AvgIpc) is 3.12. The standard InChI is InChI=1S/C17H18ClF2N3O2/c1-9(2)6-23-7-11(16(19)20)14(22-23)17(24)21-13-8-25-15-10(13)4-3-5-12(15)18/h3-5,7,9,13,16H,6,8H2,1-2H3,(H,21,24)/t13-/m1/s1. The second-order valence-electron chi connectivity index (χ2n) is 6.34. The van der Waals surface area contributed by atoms with Crippen molar-refractivity contribution in [2.24, 2.45) is 5.92 Å². The van der Waals surface area contributed by atoms with Crippen molar-refractivity contribution in [2.45, 2.75) is 32.9 Å². The van der Waals surface area contributed by atoms with Gasteiger partial charge in [-0.25, -0.2) is 8.78 Å². The lowest BCUT2D eigenvalue weighted by Gasteiger charge is -2.11. The molecule has 1 aliphatic heterocycles. The Bertz CT molecular complexity index is 792. The van der Waals surface area contributed by atoms with E-state index in [0.717, 1.165) is 5.56 Å². The summed E-state index contributed by atoms with van der Waals surface area (Å²) in [5.41, 5.74) is 0.0931. The maximum absolute atomic E-state index is 13.3. The van der Waals surface area contributed by atoms with Crippen LogP contribution in [0.1, 0.15) is 47.9 Å². The molecule has 2 heterocycles. The lowest BCUT2D eigenvalue weighted by Crippen LogP contribution is -2.30. The van der Waals surface area contributed by atoms with Gasteiger partial charge in [0.25, 0.3) is 12.3 Å². The van der Waals surface area contributed by atoms with Gasteiger partial charge in [-0.3, -0.25) is 9.48 Å². The second-order valence-corrected chi connectivity index (χ2v) is 6.75. The molecular formula is C17H18ClF2N3O2. The van der Waals surface area contributed by atoms with Gasteiger partial charge in [0.05, 0.1) is 16.6 Å². The molecule has 0 radical (unpaired) electrons. The number of hydrogen-bond donors (Lipinski definition) is 1. The molecular weight excluding hydrogens is 352 g/mol. The van der Waals surface area contributed by atoms with E-state index in [0.29, 0.717) is 17.3 Å². The van der Waals surface area contributed by atoms with Crippen LogP contribution in [0.5, 0.6) is 5.75 Å². The van der Waals surface area contributed by atoms with Crippen LogP contribution < -0.4 is 10.1 Å². The minimum Gasteiger partial charge on any atom is -0.489 e. The Balaban J connectivity index is 1.83. The molecule has 0 spiro atoms. The Morgan fingerprint density at radius 3 is 2.92 bits per heavy atom. The van der Waals surface area contributed by atoms with Gasteiger partial charge in [-0.1, -0.05) is 37.6 Å². The predicted octanol–water partition coefficient (Wildman–Crippen LogP) is 3.99. The Hall–Kier alpha value is -2.15. The van der Waals surface area contributed by atoms with Gasteiger partial charge in [0, 0.05) is 18.3 Å². The van der Waals surface area contributed by atoms with Crippen molar-refractivity contribution in [3.63, 3.8) is 0 Å². The fourth-order valence-corrected chi connectivity index (χ4v) is 3.03. The zero-order chi connectivity index (χ0) is 18.1. The number of ether oxygens (including phenoxy) is 1. The van der Waals surface area contributed by atoms with Gasteiger partial charge in [0.2, 0.25) is 0 Å². The Kier molecular flexibility index (Phi) is 4.94. The maximum atomic E-state index is 13.3. The molecule has 134 valence electrons. The molecule has 0 unspecified atom stereocenters. The van der Waals surface area contributed by atoms with Crippen LogP contribution in [0.2, 0.25) is 5.02 Å². The molecule has 0 fully saturated rings. The Morgan fingerprint density at radius 1 is 1.48 bits per heavy atom. The van der Waals surface area contributed by atoms with E-state index in [2.05, 4.69) is 10.4 Å². The number of fused-ring (bicyclic) bond motifs is 1.